The summed E-state index contributed by atoms with van der Waals surface area (Å²) in [4.78, 5) is 13.5. The van der Waals surface area contributed by atoms with Gasteiger partial charge in [0.05, 0.1) is 15.3 Å². The third-order valence-electron chi connectivity index (χ3n) is 3.85. The van der Waals surface area contributed by atoms with E-state index in [0.717, 1.165) is 10.4 Å². The summed E-state index contributed by atoms with van der Waals surface area (Å²) >= 11 is 1.47. The van der Waals surface area contributed by atoms with Crippen LogP contribution in [0.2, 0.25) is 0 Å². The Morgan fingerprint density at radius 2 is 1.70 bits per heavy atom. The standard InChI is InChI=1S/C24H17NO3S2/c1-19-12-16-23(17-13-19)30(27,28)25-24(26)21(9-5-10-22-11-6-18-29-22)15-14-20-7-3-2-4-8-20/h2-4,6-9,11-13,16-18H,1H3,(H,25,26)/b21-9+. The van der Waals surface area contributed by atoms with Crippen LogP contribution in [0.5, 0.6) is 0 Å². The fraction of sp³-hybridized carbons (Fsp3) is 0.0417. The van der Waals surface area contributed by atoms with Gasteiger partial charge in [0, 0.05) is 11.6 Å². The summed E-state index contributed by atoms with van der Waals surface area (Å²) in [7, 11) is -4.03. The fourth-order valence-corrected chi connectivity index (χ4v) is 3.85. The Balaban J connectivity index is 1.89. The number of hydrogen-bond acceptors (Lipinski definition) is 4. The summed E-state index contributed by atoms with van der Waals surface area (Å²) in [6.45, 7) is 1.85. The van der Waals surface area contributed by atoms with Crippen molar-refractivity contribution in [2.24, 2.45) is 0 Å². The van der Waals surface area contributed by atoms with Crippen molar-refractivity contribution < 1.29 is 13.2 Å². The molecular formula is C24H17NO3S2. The van der Waals surface area contributed by atoms with Crippen molar-refractivity contribution in [3.8, 4) is 23.7 Å². The maximum atomic E-state index is 12.7. The van der Waals surface area contributed by atoms with E-state index in [0.29, 0.717) is 5.56 Å². The van der Waals surface area contributed by atoms with Gasteiger partial charge in [0.1, 0.15) is 0 Å². The van der Waals surface area contributed by atoms with Gasteiger partial charge in [-0.15, -0.1) is 11.3 Å². The Bertz CT molecular complexity index is 1280. The van der Waals surface area contributed by atoms with Gasteiger partial charge in [-0.25, -0.2) is 13.1 Å². The normalized spacial score (nSPS) is 10.9. The van der Waals surface area contributed by atoms with E-state index in [2.05, 4.69) is 28.4 Å². The van der Waals surface area contributed by atoms with Gasteiger partial charge in [-0.3, -0.25) is 4.79 Å². The van der Waals surface area contributed by atoms with Gasteiger partial charge in [0.15, 0.2) is 0 Å². The highest BCUT2D eigenvalue weighted by molar-refractivity contribution is 7.90. The maximum Gasteiger partial charge on any atom is 0.274 e. The second kappa shape index (κ2) is 9.76. The minimum Gasteiger partial charge on any atom is -0.267 e. The van der Waals surface area contributed by atoms with Crippen molar-refractivity contribution in [3.05, 3.63) is 99.8 Å². The van der Waals surface area contributed by atoms with Gasteiger partial charge in [-0.1, -0.05) is 65.6 Å². The molecule has 0 spiro atoms. The van der Waals surface area contributed by atoms with Crippen molar-refractivity contribution in [2.45, 2.75) is 11.8 Å². The van der Waals surface area contributed by atoms with Gasteiger partial charge in [-0.05, 0) is 42.6 Å². The summed E-state index contributed by atoms with van der Waals surface area (Å²) in [5.41, 5.74) is 1.57. The van der Waals surface area contributed by atoms with E-state index in [1.807, 2.05) is 42.6 Å². The number of hydrogen-bond donors (Lipinski definition) is 1. The van der Waals surface area contributed by atoms with Crippen LogP contribution in [0.4, 0.5) is 0 Å². The smallest absolute Gasteiger partial charge is 0.267 e. The van der Waals surface area contributed by atoms with Crippen LogP contribution in [0.1, 0.15) is 16.0 Å². The molecule has 4 nitrogen and oxygen atoms in total. The van der Waals surface area contributed by atoms with Crippen molar-refractivity contribution >= 4 is 27.3 Å². The SMILES string of the molecule is Cc1ccc(S(=O)(=O)NC(=O)/C(C#Cc2ccccc2)=C/C#Cc2cccs2)cc1. The van der Waals surface area contributed by atoms with Gasteiger partial charge in [0.2, 0.25) is 0 Å². The van der Waals surface area contributed by atoms with Gasteiger partial charge < -0.3 is 0 Å². The largest absolute Gasteiger partial charge is 0.274 e. The quantitative estimate of drug-likeness (QED) is 0.506. The molecular weight excluding hydrogens is 414 g/mol. The third-order valence-corrected chi connectivity index (χ3v) is 5.98. The Labute approximate surface area is 180 Å². The zero-order valence-electron chi connectivity index (χ0n) is 16.0. The molecule has 1 heterocycles. The summed E-state index contributed by atoms with van der Waals surface area (Å²) in [5.74, 6) is 10.4. The molecule has 0 aliphatic rings. The van der Waals surface area contributed by atoms with Crippen LogP contribution >= 0.6 is 11.3 Å². The first-order valence-corrected chi connectivity index (χ1v) is 11.3. The Morgan fingerprint density at radius 3 is 2.37 bits per heavy atom. The van der Waals surface area contributed by atoms with Crippen LogP contribution < -0.4 is 4.72 Å². The lowest BCUT2D eigenvalue weighted by Gasteiger charge is -2.06. The first kappa shape index (κ1) is 21.1. The minimum atomic E-state index is -4.03. The number of thiophene rings is 1. The van der Waals surface area contributed by atoms with Gasteiger partial charge >= 0.3 is 0 Å². The zero-order valence-corrected chi connectivity index (χ0v) is 17.7. The minimum absolute atomic E-state index is 0.00138. The predicted octanol–water partition coefficient (Wildman–Crippen LogP) is 3.89. The van der Waals surface area contributed by atoms with Crippen LogP contribution in [0.3, 0.4) is 0 Å². The van der Waals surface area contributed by atoms with E-state index < -0.39 is 15.9 Å². The van der Waals surface area contributed by atoms with E-state index in [4.69, 9.17) is 0 Å². The number of carbonyl (C=O) groups is 1. The second-order valence-corrected chi connectivity index (χ2v) is 8.80. The topological polar surface area (TPSA) is 63.2 Å². The molecule has 0 radical (unpaired) electrons. The van der Waals surface area contributed by atoms with Crippen LogP contribution in [-0.2, 0) is 14.8 Å². The highest BCUT2D eigenvalue weighted by Gasteiger charge is 2.19. The van der Waals surface area contributed by atoms with Gasteiger partial charge in [0.25, 0.3) is 15.9 Å². The molecule has 0 saturated carbocycles. The molecule has 30 heavy (non-hydrogen) atoms. The first-order chi connectivity index (χ1) is 14.4. The second-order valence-electron chi connectivity index (χ2n) is 6.17. The molecule has 3 rings (SSSR count). The maximum absolute atomic E-state index is 12.7. The van der Waals surface area contributed by atoms with Crippen LogP contribution in [0.15, 0.2) is 88.7 Å². The van der Waals surface area contributed by atoms with E-state index >= 15 is 0 Å². The summed E-state index contributed by atoms with van der Waals surface area (Å²) < 4.78 is 27.2. The average molecular weight is 432 g/mol. The number of allylic oxidation sites excluding steroid dienone is 1. The molecule has 148 valence electrons. The number of benzene rings is 2. The number of rotatable bonds is 3. The van der Waals surface area contributed by atoms with Crippen LogP contribution in [0.25, 0.3) is 0 Å². The molecule has 0 unspecified atom stereocenters. The lowest BCUT2D eigenvalue weighted by atomic mass is 10.2. The monoisotopic (exact) mass is 431 g/mol. The molecule has 0 fully saturated rings. The molecule has 0 bridgehead atoms. The molecule has 0 aliphatic heterocycles. The Morgan fingerprint density at radius 1 is 0.967 bits per heavy atom. The predicted molar refractivity (Wildman–Crippen MR) is 119 cm³/mol. The highest BCUT2D eigenvalue weighted by atomic mass is 32.2. The molecule has 1 amide bonds. The lowest BCUT2D eigenvalue weighted by molar-refractivity contribution is -0.115. The molecule has 2 aromatic carbocycles. The lowest BCUT2D eigenvalue weighted by Crippen LogP contribution is -2.31. The van der Waals surface area contributed by atoms with E-state index in [1.165, 1.54) is 29.5 Å². The Kier molecular flexibility index (Phi) is 6.87. The zero-order chi connectivity index (χ0) is 21.4. The van der Waals surface area contributed by atoms with E-state index in [9.17, 15) is 13.2 Å². The first-order valence-electron chi connectivity index (χ1n) is 8.90. The third kappa shape index (κ3) is 5.96. The molecule has 1 N–H and O–H groups in total. The molecule has 1 aromatic heterocycles. The van der Waals surface area contributed by atoms with Crippen molar-refractivity contribution in [3.63, 3.8) is 0 Å². The number of sulfonamides is 1. The van der Waals surface area contributed by atoms with E-state index in [1.54, 1.807) is 24.3 Å². The molecule has 0 aliphatic carbocycles. The number of amides is 1. The highest BCUT2D eigenvalue weighted by Crippen LogP contribution is 2.11. The summed E-state index contributed by atoms with van der Waals surface area (Å²) in [6.07, 6.45) is 1.33. The average Bonchev–Trinajstić information content (AvgIpc) is 3.24. The van der Waals surface area contributed by atoms with Crippen molar-refractivity contribution in [1.82, 2.24) is 4.72 Å². The number of carbonyl (C=O) groups excluding carboxylic acids is 1. The fourth-order valence-electron chi connectivity index (χ4n) is 2.30. The van der Waals surface area contributed by atoms with E-state index in [-0.39, 0.29) is 10.5 Å². The molecule has 0 saturated heterocycles. The summed E-state index contributed by atoms with van der Waals surface area (Å²) in [5, 5.41) is 1.89. The Hall–Kier alpha value is -3.58. The molecule has 3 aromatic rings. The van der Waals surface area contributed by atoms with Crippen molar-refractivity contribution in [2.75, 3.05) is 0 Å². The number of aryl methyl sites for hydroxylation is 1. The summed E-state index contributed by atoms with van der Waals surface area (Å²) in [6, 6.07) is 19.0. The van der Waals surface area contributed by atoms with Gasteiger partial charge in [-0.2, -0.15) is 0 Å². The number of nitrogens with one attached hydrogen (secondary N) is 1. The van der Waals surface area contributed by atoms with Crippen LogP contribution in [-0.4, -0.2) is 14.3 Å². The molecule has 6 heteroatoms. The molecule has 0 atom stereocenters. The van der Waals surface area contributed by atoms with Crippen LogP contribution in [0, 0.1) is 30.6 Å². The van der Waals surface area contributed by atoms with Crippen molar-refractivity contribution in [1.29, 1.82) is 0 Å².